The van der Waals surface area contributed by atoms with Crippen molar-refractivity contribution in [1.82, 2.24) is 4.98 Å². The molecule has 0 aliphatic carbocycles. The number of hydrogen-bond acceptors (Lipinski definition) is 4. The van der Waals surface area contributed by atoms with Crippen molar-refractivity contribution < 1.29 is 9.59 Å². The minimum atomic E-state index is -0.215. The van der Waals surface area contributed by atoms with Gasteiger partial charge in [-0.2, -0.15) is 0 Å². The van der Waals surface area contributed by atoms with Crippen molar-refractivity contribution in [2.24, 2.45) is 0 Å². The number of rotatable bonds is 2. The van der Waals surface area contributed by atoms with Gasteiger partial charge in [-0.05, 0) is 12.2 Å². The maximum Gasteiger partial charge on any atom is 0.221 e. The molecule has 1 heterocycles. The van der Waals surface area contributed by atoms with Crippen LogP contribution in [0.25, 0.3) is 0 Å². The fraction of sp³-hybridized carbons (Fsp3) is 0.286. The highest BCUT2D eigenvalue weighted by Gasteiger charge is 2.11. The Morgan fingerprint density at radius 1 is 1.46 bits per heavy atom. The Hall–Kier alpha value is -1.01. The summed E-state index contributed by atoms with van der Waals surface area (Å²) < 4.78 is 0.481. The summed E-state index contributed by atoms with van der Waals surface area (Å²) in [5, 5.41) is 3.03. The number of hydrogen-bond donors (Lipinski definition) is 2. The van der Waals surface area contributed by atoms with Crippen LogP contribution in [0.15, 0.2) is 0 Å². The number of aromatic nitrogens is 1. The topological polar surface area (TPSA) is 62.0 Å². The first-order valence-corrected chi connectivity index (χ1v) is 4.75. The van der Waals surface area contributed by atoms with Gasteiger partial charge in [0, 0.05) is 13.8 Å². The predicted molar refractivity (Wildman–Crippen MR) is 53.8 cm³/mol. The van der Waals surface area contributed by atoms with Gasteiger partial charge in [0.05, 0.1) is 0 Å². The van der Waals surface area contributed by atoms with Gasteiger partial charge in [-0.1, -0.05) is 11.3 Å². The first-order valence-electron chi connectivity index (χ1n) is 3.52. The Kier molecular flexibility index (Phi) is 2.94. The van der Waals surface area contributed by atoms with E-state index in [2.05, 4.69) is 10.3 Å². The van der Waals surface area contributed by atoms with E-state index in [1.54, 1.807) is 0 Å². The van der Waals surface area contributed by atoms with Crippen molar-refractivity contribution in [1.29, 1.82) is 0 Å². The fourth-order valence-electron chi connectivity index (χ4n) is 0.824. The number of aromatic amines is 1. The number of carbonyl (C=O) groups excluding carboxylic acids is 2. The zero-order valence-electron chi connectivity index (χ0n) is 7.13. The first-order chi connectivity index (χ1) is 6.00. The zero-order valence-corrected chi connectivity index (χ0v) is 8.77. The van der Waals surface area contributed by atoms with E-state index >= 15 is 0 Å². The second kappa shape index (κ2) is 3.80. The average Bonchev–Trinajstić information content (AvgIpc) is 2.29. The minimum Gasteiger partial charge on any atom is -0.333 e. The second-order valence-corrected chi connectivity index (χ2v) is 4.14. The lowest BCUT2D eigenvalue weighted by Gasteiger charge is -1.98. The van der Waals surface area contributed by atoms with E-state index in [4.69, 9.17) is 12.2 Å². The van der Waals surface area contributed by atoms with Crippen molar-refractivity contribution in [3.63, 3.8) is 0 Å². The van der Waals surface area contributed by atoms with Crippen molar-refractivity contribution in [2.75, 3.05) is 5.32 Å². The Labute approximate surface area is 84.0 Å². The highest BCUT2D eigenvalue weighted by atomic mass is 32.1. The summed E-state index contributed by atoms with van der Waals surface area (Å²) in [4.78, 5) is 24.5. The van der Waals surface area contributed by atoms with Crippen LogP contribution in [0.2, 0.25) is 0 Å². The molecule has 0 saturated heterocycles. The molecule has 0 fully saturated rings. The van der Waals surface area contributed by atoms with Gasteiger partial charge in [-0.15, -0.1) is 0 Å². The third-order valence-corrected chi connectivity index (χ3v) is 2.44. The molecule has 4 nitrogen and oxygen atoms in total. The number of anilines is 1. The molecule has 2 N–H and O–H groups in total. The quantitative estimate of drug-likeness (QED) is 0.587. The number of Topliss-reactive ketones (excluding diaryl/α,β-unsaturated/α-hetero) is 1. The van der Waals surface area contributed by atoms with Crippen LogP contribution < -0.4 is 5.32 Å². The minimum absolute atomic E-state index is 0.142. The molecular weight excluding hydrogens is 208 g/mol. The molecule has 1 amide bonds. The molecule has 0 bridgehead atoms. The van der Waals surface area contributed by atoms with Crippen molar-refractivity contribution in [2.45, 2.75) is 13.8 Å². The molecule has 0 aromatic carbocycles. The van der Waals surface area contributed by atoms with E-state index in [9.17, 15) is 9.59 Å². The van der Waals surface area contributed by atoms with Crippen molar-refractivity contribution in [3.05, 3.63) is 9.65 Å². The van der Waals surface area contributed by atoms with Gasteiger partial charge in [-0.25, -0.2) is 0 Å². The summed E-state index contributed by atoms with van der Waals surface area (Å²) in [6, 6.07) is 0. The maximum atomic E-state index is 11.0. The van der Waals surface area contributed by atoms with E-state index in [0.717, 1.165) is 0 Å². The Bertz CT molecular complexity index is 405. The molecule has 0 spiro atoms. The third-order valence-electron chi connectivity index (χ3n) is 1.29. The fourth-order valence-corrected chi connectivity index (χ4v) is 2.01. The molecule has 13 heavy (non-hydrogen) atoms. The van der Waals surface area contributed by atoms with Gasteiger partial charge in [0.15, 0.2) is 9.74 Å². The van der Waals surface area contributed by atoms with E-state index < -0.39 is 0 Å². The SMILES string of the molecule is CC(=O)Nc1sc(=S)[nH]c1C(C)=O. The van der Waals surface area contributed by atoms with Crippen molar-refractivity contribution in [3.8, 4) is 0 Å². The number of thiazole rings is 1. The molecule has 0 atom stereocenters. The highest BCUT2D eigenvalue weighted by Crippen LogP contribution is 2.21. The number of carbonyl (C=O) groups is 2. The van der Waals surface area contributed by atoms with E-state index in [-0.39, 0.29) is 11.7 Å². The van der Waals surface area contributed by atoms with E-state index in [1.165, 1.54) is 25.2 Å². The Morgan fingerprint density at radius 3 is 2.54 bits per heavy atom. The van der Waals surface area contributed by atoms with Crippen LogP contribution in [0.1, 0.15) is 24.3 Å². The Morgan fingerprint density at radius 2 is 2.08 bits per heavy atom. The summed E-state index contributed by atoms with van der Waals surface area (Å²) >= 11 is 6.03. The summed E-state index contributed by atoms with van der Waals surface area (Å²) in [6.45, 7) is 2.80. The Balaban J connectivity index is 3.11. The predicted octanol–water partition coefficient (Wildman–Crippen LogP) is 1.97. The lowest BCUT2D eigenvalue weighted by molar-refractivity contribution is -0.114. The first kappa shape index (κ1) is 10.1. The molecule has 6 heteroatoms. The summed E-state index contributed by atoms with van der Waals surface area (Å²) in [7, 11) is 0. The van der Waals surface area contributed by atoms with Gasteiger partial charge in [0.2, 0.25) is 5.91 Å². The highest BCUT2D eigenvalue weighted by molar-refractivity contribution is 7.73. The van der Waals surface area contributed by atoms with Crippen LogP contribution in [0.4, 0.5) is 5.00 Å². The van der Waals surface area contributed by atoms with Crippen molar-refractivity contribution >= 4 is 40.2 Å². The smallest absolute Gasteiger partial charge is 0.221 e. The molecular formula is C7H8N2O2S2. The molecule has 70 valence electrons. The normalized spacial score (nSPS) is 9.69. The number of amides is 1. The van der Waals surface area contributed by atoms with Gasteiger partial charge < -0.3 is 10.3 Å². The van der Waals surface area contributed by atoms with Crippen LogP contribution in [0.5, 0.6) is 0 Å². The third kappa shape index (κ3) is 2.46. The molecule has 1 aromatic heterocycles. The summed E-state index contributed by atoms with van der Waals surface area (Å²) in [5.41, 5.74) is 0.366. The maximum absolute atomic E-state index is 11.0. The molecule has 1 rings (SSSR count). The van der Waals surface area contributed by atoms with Crippen LogP contribution >= 0.6 is 23.6 Å². The number of H-pyrrole nitrogens is 1. The van der Waals surface area contributed by atoms with Crippen LogP contribution in [0.3, 0.4) is 0 Å². The van der Waals surface area contributed by atoms with E-state index in [1.807, 2.05) is 0 Å². The lowest BCUT2D eigenvalue weighted by atomic mass is 10.3. The molecule has 0 aliphatic rings. The lowest BCUT2D eigenvalue weighted by Crippen LogP contribution is -2.07. The molecule has 0 unspecified atom stereocenters. The average molecular weight is 216 g/mol. The van der Waals surface area contributed by atoms with Gasteiger partial charge in [-0.3, -0.25) is 9.59 Å². The van der Waals surface area contributed by atoms with Gasteiger partial charge >= 0.3 is 0 Å². The zero-order chi connectivity index (χ0) is 10.0. The number of nitrogens with one attached hydrogen (secondary N) is 2. The monoisotopic (exact) mass is 216 g/mol. The largest absolute Gasteiger partial charge is 0.333 e. The summed E-state index contributed by atoms with van der Waals surface area (Å²) in [6.07, 6.45) is 0. The van der Waals surface area contributed by atoms with Gasteiger partial charge in [0.25, 0.3) is 0 Å². The molecule has 0 saturated carbocycles. The second-order valence-electron chi connectivity index (χ2n) is 2.46. The summed E-state index contributed by atoms with van der Waals surface area (Å²) in [5.74, 6) is -0.358. The standard InChI is InChI=1S/C7H8N2O2S2/c1-3(10)5-6(8-4(2)11)13-7(12)9-5/h1-2H3,(H,8,11)(H,9,12). The van der Waals surface area contributed by atoms with Crippen LogP contribution in [-0.4, -0.2) is 16.7 Å². The van der Waals surface area contributed by atoms with Gasteiger partial charge in [0.1, 0.15) is 10.7 Å². The van der Waals surface area contributed by atoms with E-state index in [0.29, 0.717) is 14.6 Å². The van der Waals surface area contributed by atoms with Crippen LogP contribution in [-0.2, 0) is 4.79 Å². The molecule has 1 aromatic rings. The number of ketones is 1. The molecule has 0 aliphatic heterocycles. The van der Waals surface area contributed by atoms with Crippen LogP contribution in [0, 0.1) is 3.95 Å². The molecule has 0 radical (unpaired) electrons.